The van der Waals surface area contributed by atoms with Crippen LogP contribution >= 0.6 is 0 Å². The van der Waals surface area contributed by atoms with Crippen molar-refractivity contribution in [2.45, 2.75) is 57.8 Å². The lowest BCUT2D eigenvalue weighted by Crippen LogP contribution is -2.50. The highest BCUT2D eigenvalue weighted by Gasteiger charge is 2.35. The summed E-state index contributed by atoms with van der Waals surface area (Å²) >= 11 is 0. The Morgan fingerprint density at radius 3 is 2.36 bits per heavy atom. The third-order valence-electron chi connectivity index (χ3n) is 3.51. The highest BCUT2D eigenvalue weighted by Crippen LogP contribution is 2.27. The molecule has 2 amide bonds. The molecular formula is C16H26N2O4. The fourth-order valence-electron chi connectivity index (χ4n) is 2.46. The van der Waals surface area contributed by atoms with Gasteiger partial charge in [-0.25, -0.2) is 4.79 Å². The SMILES string of the molecule is C=CN(C=C)C(=O)[C@H]1CC[C@@H](O)[C@H](NC(=O)OC(C)(C)C)C1. The number of carbonyl (C=O) groups excluding carboxylic acids is 2. The maximum absolute atomic E-state index is 12.3. The molecule has 0 saturated heterocycles. The van der Waals surface area contributed by atoms with Gasteiger partial charge in [0.25, 0.3) is 0 Å². The summed E-state index contributed by atoms with van der Waals surface area (Å²) in [5.41, 5.74) is -0.610. The summed E-state index contributed by atoms with van der Waals surface area (Å²) in [7, 11) is 0. The summed E-state index contributed by atoms with van der Waals surface area (Å²) in [6.45, 7) is 12.4. The number of hydrogen-bond donors (Lipinski definition) is 2. The first-order valence-electron chi connectivity index (χ1n) is 7.42. The Morgan fingerprint density at radius 1 is 1.27 bits per heavy atom. The van der Waals surface area contributed by atoms with Crippen LogP contribution in [-0.2, 0) is 9.53 Å². The fourth-order valence-corrected chi connectivity index (χ4v) is 2.46. The predicted octanol–water partition coefficient (Wildman–Crippen LogP) is 2.16. The predicted molar refractivity (Wildman–Crippen MR) is 83.7 cm³/mol. The van der Waals surface area contributed by atoms with Crippen LogP contribution in [0.4, 0.5) is 4.79 Å². The highest BCUT2D eigenvalue weighted by molar-refractivity contribution is 5.81. The number of aliphatic hydroxyl groups excluding tert-OH is 1. The van der Waals surface area contributed by atoms with E-state index < -0.39 is 23.8 Å². The van der Waals surface area contributed by atoms with Crippen LogP contribution in [0.25, 0.3) is 0 Å². The Hall–Kier alpha value is -1.82. The van der Waals surface area contributed by atoms with Crippen LogP contribution < -0.4 is 5.32 Å². The normalized spacial score (nSPS) is 25.0. The van der Waals surface area contributed by atoms with Gasteiger partial charge in [-0.05, 0) is 40.0 Å². The molecule has 1 rings (SSSR count). The van der Waals surface area contributed by atoms with Crippen molar-refractivity contribution in [3.05, 3.63) is 25.6 Å². The number of ether oxygens (including phenoxy) is 1. The van der Waals surface area contributed by atoms with Gasteiger partial charge in [0.2, 0.25) is 5.91 Å². The van der Waals surface area contributed by atoms with Gasteiger partial charge in [-0.1, -0.05) is 13.2 Å². The van der Waals surface area contributed by atoms with Gasteiger partial charge >= 0.3 is 6.09 Å². The Kier molecular flexibility index (Phi) is 6.17. The summed E-state index contributed by atoms with van der Waals surface area (Å²) in [4.78, 5) is 25.4. The molecule has 0 aromatic rings. The minimum Gasteiger partial charge on any atom is -0.444 e. The summed E-state index contributed by atoms with van der Waals surface area (Å²) < 4.78 is 5.19. The smallest absolute Gasteiger partial charge is 0.407 e. The van der Waals surface area contributed by atoms with E-state index in [0.717, 1.165) is 0 Å². The van der Waals surface area contributed by atoms with Crippen LogP contribution in [0.3, 0.4) is 0 Å². The van der Waals surface area contributed by atoms with Crippen molar-refractivity contribution in [3.8, 4) is 0 Å². The molecule has 6 nitrogen and oxygen atoms in total. The first-order valence-corrected chi connectivity index (χ1v) is 7.42. The van der Waals surface area contributed by atoms with E-state index in [1.54, 1.807) is 20.8 Å². The molecule has 0 heterocycles. The molecule has 6 heteroatoms. The fraction of sp³-hybridized carbons (Fsp3) is 0.625. The number of aliphatic hydroxyl groups is 1. The zero-order valence-corrected chi connectivity index (χ0v) is 13.5. The van der Waals surface area contributed by atoms with Crippen molar-refractivity contribution in [1.29, 1.82) is 0 Å². The van der Waals surface area contributed by atoms with Crippen molar-refractivity contribution in [2.24, 2.45) is 5.92 Å². The Bertz CT molecular complexity index is 434. The van der Waals surface area contributed by atoms with Crippen LogP contribution in [0.5, 0.6) is 0 Å². The first-order chi connectivity index (χ1) is 10.2. The number of carbonyl (C=O) groups is 2. The highest BCUT2D eigenvalue weighted by atomic mass is 16.6. The van der Waals surface area contributed by atoms with E-state index in [9.17, 15) is 14.7 Å². The van der Waals surface area contributed by atoms with Crippen molar-refractivity contribution in [1.82, 2.24) is 10.2 Å². The van der Waals surface area contributed by atoms with E-state index in [-0.39, 0.29) is 11.8 Å². The van der Waals surface area contributed by atoms with Crippen molar-refractivity contribution in [2.75, 3.05) is 0 Å². The number of hydrogen-bond acceptors (Lipinski definition) is 4. The molecular weight excluding hydrogens is 284 g/mol. The van der Waals surface area contributed by atoms with E-state index in [1.807, 2.05) is 0 Å². The number of rotatable bonds is 4. The number of alkyl carbamates (subject to hydrolysis) is 1. The van der Waals surface area contributed by atoms with Gasteiger partial charge in [0.05, 0.1) is 12.1 Å². The van der Waals surface area contributed by atoms with Gasteiger partial charge < -0.3 is 15.2 Å². The minimum atomic E-state index is -0.683. The molecule has 0 bridgehead atoms. The maximum atomic E-state index is 12.3. The monoisotopic (exact) mass is 310 g/mol. The number of nitrogens with one attached hydrogen (secondary N) is 1. The maximum Gasteiger partial charge on any atom is 0.407 e. The lowest BCUT2D eigenvalue weighted by molar-refractivity contribution is -0.132. The standard InChI is InChI=1S/C16H26N2O4/c1-6-18(7-2)14(20)11-8-9-13(19)12(10-11)17-15(21)22-16(3,4)5/h6-7,11-13,19H,1-2,8-10H2,3-5H3,(H,17,21)/t11-,12+,13+/m0/s1. The van der Waals surface area contributed by atoms with Crippen LogP contribution in [0.1, 0.15) is 40.0 Å². The third-order valence-corrected chi connectivity index (χ3v) is 3.51. The first kappa shape index (κ1) is 18.2. The zero-order chi connectivity index (χ0) is 16.9. The van der Waals surface area contributed by atoms with Crippen molar-refractivity contribution < 1.29 is 19.4 Å². The van der Waals surface area contributed by atoms with Crippen molar-refractivity contribution >= 4 is 12.0 Å². The molecule has 22 heavy (non-hydrogen) atoms. The molecule has 1 aliphatic carbocycles. The second-order valence-electron chi connectivity index (χ2n) is 6.44. The van der Waals surface area contributed by atoms with Crippen LogP contribution in [0, 0.1) is 5.92 Å². The molecule has 2 N–H and O–H groups in total. The summed E-state index contributed by atoms with van der Waals surface area (Å²) in [6.07, 6.45) is 2.89. The van der Waals surface area contributed by atoms with Crippen LogP contribution in [-0.4, -0.2) is 39.8 Å². The van der Waals surface area contributed by atoms with Crippen LogP contribution in [0.2, 0.25) is 0 Å². The second kappa shape index (κ2) is 7.45. The molecule has 1 fully saturated rings. The number of amides is 2. The summed E-state index contributed by atoms with van der Waals surface area (Å²) in [5.74, 6) is -0.424. The second-order valence-corrected chi connectivity index (χ2v) is 6.44. The molecule has 3 atom stereocenters. The molecule has 0 aromatic carbocycles. The molecule has 0 aliphatic heterocycles. The van der Waals surface area contributed by atoms with Gasteiger partial charge in [-0.15, -0.1) is 0 Å². The molecule has 1 aliphatic rings. The molecule has 124 valence electrons. The lowest BCUT2D eigenvalue weighted by Gasteiger charge is -2.34. The zero-order valence-electron chi connectivity index (χ0n) is 13.5. The molecule has 0 spiro atoms. The number of nitrogens with zero attached hydrogens (tertiary/aromatic N) is 1. The quantitative estimate of drug-likeness (QED) is 0.834. The van der Waals surface area contributed by atoms with Gasteiger partial charge in [-0.3, -0.25) is 9.69 Å². The summed E-state index contributed by atoms with van der Waals surface area (Å²) in [5, 5.41) is 12.7. The third kappa shape index (κ3) is 5.18. The summed E-state index contributed by atoms with van der Waals surface area (Å²) in [6, 6.07) is -0.506. The molecule has 0 aromatic heterocycles. The van der Waals surface area contributed by atoms with Gasteiger partial charge in [0, 0.05) is 18.3 Å². The van der Waals surface area contributed by atoms with E-state index in [1.165, 1.54) is 17.3 Å². The molecule has 0 radical (unpaired) electrons. The minimum absolute atomic E-state index is 0.132. The van der Waals surface area contributed by atoms with E-state index in [0.29, 0.717) is 19.3 Å². The molecule has 1 saturated carbocycles. The Morgan fingerprint density at radius 2 is 1.86 bits per heavy atom. The largest absolute Gasteiger partial charge is 0.444 e. The topological polar surface area (TPSA) is 78.9 Å². The van der Waals surface area contributed by atoms with Gasteiger partial charge in [0.15, 0.2) is 0 Å². The van der Waals surface area contributed by atoms with Gasteiger partial charge in [-0.2, -0.15) is 0 Å². The Balaban J connectivity index is 2.67. The van der Waals surface area contributed by atoms with Crippen LogP contribution in [0.15, 0.2) is 25.6 Å². The lowest BCUT2D eigenvalue weighted by atomic mass is 9.83. The average Bonchev–Trinajstić information content (AvgIpc) is 2.40. The van der Waals surface area contributed by atoms with E-state index >= 15 is 0 Å². The Labute approximate surface area is 131 Å². The van der Waals surface area contributed by atoms with E-state index in [2.05, 4.69) is 18.5 Å². The van der Waals surface area contributed by atoms with Gasteiger partial charge in [0.1, 0.15) is 5.60 Å². The average molecular weight is 310 g/mol. The van der Waals surface area contributed by atoms with Crippen molar-refractivity contribution in [3.63, 3.8) is 0 Å². The van der Waals surface area contributed by atoms with E-state index in [4.69, 9.17) is 4.74 Å². The molecule has 0 unspecified atom stereocenters.